The molecule has 1 fully saturated rings. The van der Waals surface area contributed by atoms with Gasteiger partial charge >= 0.3 is 11.9 Å². The smallest absolute Gasteiger partial charge is 0.348 e. The molecule has 1 aliphatic rings. The molecule has 1 saturated heterocycles. The molecule has 1 rings (SSSR count). The van der Waals surface area contributed by atoms with E-state index in [2.05, 4.69) is 13.5 Å². The molecule has 114 valence electrons. The lowest BCUT2D eigenvalue weighted by molar-refractivity contribution is -0.231. The highest BCUT2D eigenvalue weighted by atomic mass is 16.7. The van der Waals surface area contributed by atoms with Crippen LogP contribution in [0.15, 0.2) is 12.2 Å². The summed E-state index contributed by atoms with van der Waals surface area (Å²) in [6, 6.07) is 0. The van der Waals surface area contributed by atoms with Gasteiger partial charge in [-0.05, 0) is 6.42 Å². The number of ether oxygens (including phenoxy) is 2. The number of esters is 2. The van der Waals surface area contributed by atoms with E-state index in [9.17, 15) is 9.59 Å². The minimum atomic E-state index is -1.11. The molecule has 4 heteroatoms. The number of carbonyl (C=O) groups excluding carboxylic acids is 2. The Morgan fingerprint density at radius 1 is 0.900 bits per heavy atom. The second kappa shape index (κ2) is 8.08. The molecule has 0 atom stereocenters. The molecule has 0 amide bonds. The first-order valence-corrected chi connectivity index (χ1v) is 7.64. The maximum atomic E-state index is 11.4. The molecule has 1 heterocycles. The highest BCUT2D eigenvalue weighted by Crippen LogP contribution is 2.28. The molecule has 1 aliphatic heterocycles. The average Bonchev–Trinajstić information content (AvgIpc) is 2.39. The van der Waals surface area contributed by atoms with E-state index in [-0.39, 0.29) is 5.57 Å². The minimum Gasteiger partial charge on any atom is -0.419 e. The quantitative estimate of drug-likeness (QED) is 0.279. The third kappa shape index (κ3) is 5.35. The highest BCUT2D eigenvalue weighted by molar-refractivity contribution is 6.14. The zero-order chi connectivity index (χ0) is 15.0. The van der Waals surface area contributed by atoms with Crippen molar-refractivity contribution in [3.63, 3.8) is 0 Å². The van der Waals surface area contributed by atoms with Crippen LogP contribution in [0.1, 0.15) is 71.6 Å². The van der Waals surface area contributed by atoms with Crippen LogP contribution in [0.2, 0.25) is 0 Å². The van der Waals surface area contributed by atoms with Crippen molar-refractivity contribution < 1.29 is 19.1 Å². The average molecular weight is 282 g/mol. The Morgan fingerprint density at radius 2 is 1.35 bits per heavy atom. The number of hydrogen-bond donors (Lipinski definition) is 0. The molecule has 0 N–H and O–H groups in total. The Bertz CT molecular complexity index is 339. The summed E-state index contributed by atoms with van der Waals surface area (Å²) in [5, 5.41) is 0. The Kier molecular flexibility index (Phi) is 6.76. The van der Waals surface area contributed by atoms with Crippen LogP contribution in [0.4, 0.5) is 0 Å². The maximum Gasteiger partial charge on any atom is 0.348 e. The number of carbonyl (C=O) groups is 2. The van der Waals surface area contributed by atoms with Crippen molar-refractivity contribution in [1.29, 1.82) is 0 Å². The highest BCUT2D eigenvalue weighted by Gasteiger charge is 2.40. The third-order valence-electron chi connectivity index (χ3n) is 3.59. The van der Waals surface area contributed by atoms with Gasteiger partial charge in [-0.15, -0.1) is 0 Å². The Morgan fingerprint density at radius 3 is 1.85 bits per heavy atom. The zero-order valence-electron chi connectivity index (χ0n) is 12.7. The van der Waals surface area contributed by atoms with E-state index in [1.54, 1.807) is 6.92 Å². The molecule has 0 aliphatic carbocycles. The molecular formula is C16H26O4. The standard InChI is InChI=1S/C16H26O4/c1-4-5-6-7-8-9-10-11-12-16(3)19-14(17)13(2)15(18)20-16/h2,4-12H2,1,3H3. The van der Waals surface area contributed by atoms with Gasteiger partial charge in [0.2, 0.25) is 0 Å². The van der Waals surface area contributed by atoms with Crippen LogP contribution in [0.3, 0.4) is 0 Å². The number of rotatable bonds is 9. The van der Waals surface area contributed by atoms with Crippen molar-refractivity contribution in [2.75, 3.05) is 0 Å². The molecule has 0 aromatic carbocycles. The van der Waals surface area contributed by atoms with E-state index in [4.69, 9.17) is 9.47 Å². The molecule has 4 nitrogen and oxygen atoms in total. The summed E-state index contributed by atoms with van der Waals surface area (Å²) < 4.78 is 10.3. The summed E-state index contributed by atoms with van der Waals surface area (Å²) in [6.45, 7) is 7.18. The lowest BCUT2D eigenvalue weighted by atomic mass is 10.0. The fraction of sp³-hybridized carbons (Fsp3) is 0.750. The van der Waals surface area contributed by atoms with E-state index in [0.29, 0.717) is 6.42 Å². The van der Waals surface area contributed by atoms with Crippen LogP contribution < -0.4 is 0 Å². The largest absolute Gasteiger partial charge is 0.419 e. The summed E-state index contributed by atoms with van der Waals surface area (Å²) in [6.07, 6.45) is 10.1. The SMILES string of the molecule is C=C1C(=O)OC(C)(CCCCCCCCCC)OC1=O. The van der Waals surface area contributed by atoms with E-state index in [1.807, 2.05) is 0 Å². The van der Waals surface area contributed by atoms with Crippen molar-refractivity contribution in [2.24, 2.45) is 0 Å². The summed E-state index contributed by atoms with van der Waals surface area (Å²) in [5.41, 5.74) is -0.224. The molecule has 0 aromatic heterocycles. The van der Waals surface area contributed by atoms with Crippen LogP contribution in [0.5, 0.6) is 0 Å². The molecule has 0 spiro atoms. The van der Waals surface area contributed by atoms with E-state index in [1.165, 1.54) is 38.5 Å². The second-order valence-corrected chi connectivity index (χ2v) is 5.62. The molecule has 0 saturated carbocycles. The fourth-order valence-electron chi connectivity index (χ4n) is 2.30. The summed E-state index contributed by atoms with van der Waals surface area (Å²) in [7, 11) is 0. The molecule has 0 aromatic rings. The number of cyclic esters (lactones) is 2. The first kappa shape index (κ1) is 16.7. The van der Waals surface area contributed by atoms with Gasteiger partial charge in [-0.3, -0.25) is 0 Å². The van der Waals surface area contributed by atoms with Crippen LogP contribution in [-0.4, -0.2) is 17.7 Å². The van der Waals surface area contributed by atoms with Gasteiger partial charge in [0, 0.05) is 13.3 Å². The molecule has 0 bridgehead atoms. The van der Waals surface area contributed by atoms with Gasteiger partial charge in [0.05, 0.1) is 0 Å². The van der Waals surface area contributed by atoms with Gasteiger partial charge in [-0.2, -0.15) is 0 Å². The lowest BCUT2D eigenvalue weighted by Crippen LogP contribution is -2.43. The van der Waals surface area contributed by atoms with Gasteiger partial charge in [0.25, 0.3) is 5.79 Å². The first-order valence-electron chi connectivity index (χ1n) is 7.64. The van der Waals surface area contributed by atoms with Crippen LogP contribution in [0, 0.1) is 0 Å². The lowest BCUT2D eigenvalue weighted by Gasteiger charge is -2.33. The molecule has 20 heavy (non-hydrogen) atoms. The summed E-state index contributed by atoms with van der Waals surface area (Å²) in [5.74, 6) is -2.44. The second-order valence-electron chi connectivity index (χ2n) is 5.62. The predicted octanol–water partition coefficient (Wildman–Crippen LogP) is 3.89. The van der Waals surface area contributed by atoms with Crippen molar-refractivity contribution in [3.05, 3.63) is 12.2 Å². The van der Waals surface area contributed by atoms with Crippen molar-refractivity contribution >= 4 is 11.9 Å². The van der Waals surface area contributed by atoms with Crippen molar-refractivity contribution in [3.8, 4) is 0 Å². The van der Waals surface area contributed by atoms with E-state index in [0.717, 1.165) is 12.8 Å². The fourth-order valence-corrected chi connectivity index (χ4v) is 2.30. The number of unbranched alkanes of at least 4 members (excludes halogenated alkanes) is 7. The predicted molar refractivity (Wildman–Crippen MR) is 77.0 cm³/mol. The summed E-state index contributed by atoms with van der Waals surface area (Å²) >= 11 is 0. The Balaban J connectivity index is 2.16. The normalized spacial score (nSPS) is 17.8. The Hall–Kier alpha value is -1.32. The Labute approximate surface area is 121 Å². The van der Waals surface area contributed by atoms with Gasteiger partial charge in [-0.1, -0.05) is 58.4 Å². The number of hydrogen-bond acceptors (Lipinski definition) is 4. The molecule has 0 unspecified atom stereocenters. The minimum absolute atomic E-state index is 0.224. The van der Waals surface area contributed by atoms with Gasteiger partial charge in [0.1, 0.15) is 5.57 Å². The van der Waals surface area contributed by atoms with E-state index >= 15 is 0 Å². The first-order chi connectivity index (χ1) is 9.48. The monoisotopic (exact) mass is 282 g/mol. The van der Waals surface area contributed by atoms with E-state index < -0.39 is 17.7 Å². The molecule has 0 radical (unpaired) electrons. The summed E-state index contributed by atoms with van der Waals surface area (Å²) in [4.78, 5) is 22.9. The van der Waals surface area contributed by atoms with Crippen molar-refractivity contribution in [2.45, 2.75) is 77.4 Å². The van der Waals surface area contributed by atoms with Gasteiger partial charge < -0.3 is 9.47 Å². The third-order valence-corrected chi connectivity index (χ3v) is 3.59. The van der Waals surface area contributed by atoms with Crippen LogP contribution in [0.25, 0.3) is 0 Å². The topological polar surface area (TPSA) is 52.6 Å². The molecular weight excluding hydrogens is 256 g/mol. The maximum absolute atomic E-state index is 11.4. The van der Waals surface area contributed by atoms with Crippen LogP contribution in [-0.2, 0) is 19.1 Å². The van der Waals surface area contributed by atoms with Crippen LogP contribution >= 0.6 is 0 Å². The van der Waals surface area contributed by atoms with Gasteiger partial charge in [0.15, 0.2) is 0 Å². The van der Waals surface area contributed by atoms with Crippen molar-refractivity contribution in [1.82, 2.24) is 0 Å². The zero-order valence-corrected chi connectivity index (χ0v) is 12.7. The van der Waals surface area contributed by atoms with Gasteiger partial charge in [-0.25, -0.2) is 9.59 Å².